The average Bonchev–Trinajstić information content (AvgIpc) is 2.78. The Balaban J connectivity index is 1.71. The van der Waals surface area contributed by atoms with E-state index in [-0.39, 0.29) is 30.2 Å². The minimum Gasteiger partial charge on any atom is -0.464 e. The van der Waals surface area contributed by atoms with Crippen LogP contribution in [0.15, 0.2) is 0 Å². The fraction of sp³-hybridized carbons (Fsp3) is 0.875. The summed E-state index contributed by atoms with van der Waals surface area (Å²) in [6.07, 6.45) is 2.63. The van der Waals surface area contributed by atoms with Gasteiger partial charge in [-0.2, -0.15) is 0 Å². The van der Waals surface area contributed by atoms with Crippen LogP contribution in [0.3, 0.4) is 0 Å². The molecular weight excluding hydrogens is 286 g/mol. The highest BCUT2D eigenvalue weighted by atomic mass is 16.6. The lowest BCUT2D eigenvalue weighted by atomic mass is 9.66. The van der Waals surface area contributed by atoms with E-state index < -0.39 is 5.60 Å². The summed E-state index contributed by atoms with van der Waals surface area (Å²) in [7, 11) is 0. The van der Waals surface area contributed by atoms with Crippen molar-refractivity contribution >= 4 is 12.1 Å². The standard InChI is InChI=1S/C16H27NO5/c1-5-20-13(18)10-21-12-8-16(9-12)6-7-17(11-16)14(19)22-15(2,3)4/h12H,5-11H2,1-4H3. The summed E-state index contributed by atoms with van der Waals surface area (Å²) in [6.45, 7) is 9.25. The highest BCUT2D eigenvalue weighted by molar-refractivity contribution is 5.70. The molecule has 1 spiro atoms. The predicted molar refractivity (Wildman–Crippen MR) is 80.5 cm³/mol. The van der Waals surface area contributed by atoms with Crippen molar-refractivity contribution in [1.29, 1.82) is 0 Å². The highest BCUT2D eigenvalue weighted by Gasteiger charge is 2.50. The quantitative estimate of drug-likeness (QED) is 0.745. The van der Waals surface area contributed by atoms with E-state index in [4.69, 9.17) is 14.2 Å². The average molecular weight is 313 g/mol. The number of esters is 1. The Morgan fingerprint density at radius 3 is 2.55 bits per heavy atom. The Bertz CT molecular complexity index is 423. The van der Waals surface area contributed by atoms with Crippen molar-refractivity contribution in [2.24, 2.45) is 5.41 Å². The van der Waals surface area contributed by atoms with E-state index in [9.17, 15) is 9.59 Å². The molecule has 2 fully saturated rings. The number of rotatable bonds is 4. The molecule has 0 aromatic heterocycles. The van der Waals surface area contributed by atoms with Crippen LogP contribution in [0, 0.1) is 5.41 Å². The first-order valence-electron chi connectivity index (χ1n) is 7.98. The van der Waals surface area contributed by atoms with Gasteiger partial charge in [0.25, 0.3) is 0 Å². The molecule has 2 aliphatic rings. The fourth-order valence-electron chi connectivity index (χ4n) is 3.16. The Hall–Kier alpha value is -1.30. The van der Waals surface area contributed by atoms with E-state index in [1.54, 1.807) is 11.8 Å². The summed E-state index contributed by atoms with van der Waals surface area (Å²) >= 11 is 0. The summed E-state index contributed by atoms with van der Waals surface area (Å²) in [6, 6.07) is 0. The lowest BCUT2D eigenvalue weighted by Gasteiger charge is -2.44. The maximum atomic E-state index is 12.1. The first-order valence-corrected chi connectivity index (χ1v) is 7.98. The Morgan fingerprint density at radius 1 is 1.27 bits per heavy atom. The van der Waals surface area contributed by atoms with Gasteiger partial charge in [0, 0.05) is 13.1 Å². The first-order chi connectivity index (χ1) is 10.2. The number of hydrogen-bond donors (Lipinski definition) is 0. The summed E-state index contributed by atoms with van der Waals surface area (Å²) in [5, 5.41) is 0. The molecule has 0 radical (unpaired) electrons. The number of hydrogen-bond acceptors (Lipinski definition) is 5. The van der Waals surface area contributed by atoms with E-state index in [0.717, 1.165) is 32.4 Å². The van der Waals surface area contributed by atoms with Gasteiger partial charge in [0.05, 0.1) is 12.7 Å². The van der Waals surface area contributed by atoms with Crippen LogP contribution >= 0.6 is 0 Å². The third-order valence-electron chi connectivity index (χ3n) is 4.15. The normalized spacial score (nSPS) is 27.6. The number of carbonyl (C=O) groups excluding carboxylic acids is 2. The zero-order valence-corrected chi connectivity index (χ0v) is 14.0. The molecule has 6 nitrogen and oxygen atoms in total. The third-order valence-corrected chi connectivity index (χ3v) is 4.15. The smallest absolute Gasteiger partial charge is 0.410 e. The zero-order chi connectivity index (χ0) is 16.4. The van der Waals surface area contributed by atoms with Gasteiger partial charge in [-0.3, -0.25) is 0 Å². The largest absolute Gasteiger partial charge is 0.464 e. The van der Waals surface area contributed by atoms with Crippen molar-refractivity contribution < 1.29 is 23.8 Å². The van der Waals surface area contributed by atoms with Crippen LogP contribution in [0.25, 0.3) is 0 Å². The number of amides is 1. The van der Waals surface area contributed by atoms with Gasteiger partial charge in [-0.25, -0.2) is 9.59 Å². The van der Waals surface area contributed by atoms with Crippen molar-refractivity contribution in [2.45, 2.75) is 58.7 Å². The third kappa shape index (κ3) is 4.35. The predicted octanol–water partition coefficient (Wildman–Crippen LogP) is 2.36. The second-order valence-corrected chi connectivity index (χ2v) is 7.30. The van der Waals surface area contributed by atoms with Crippen LogP contribution < -0.4 is 0 Å². The first kappa shape index (κ1) is 17.1. The van der Waals surface area contributed by atoms with Crippen LogP contribution in [0.5, 0.6) is 0 Å². The molecular formula is C16H27NO5. The number of nitrogens with zero attached hydrogens (tertiary/aromatic N) is 1. The van der Waals surface area contributed by atoms with Crippen LogP contribution in [0.4, 0.5) is 4.79 Å². The van der Waals surface area contributed by atoms with Gasteiger partial charge in [-0.15, -0.1) is 0 Å². The molecule has 22 heavy (non-hydrogen) atoms. The monoisotopic (exact) mass is 313 g/mol. The topological polar surface area (TPSA) is 65.1 Å². The SMILES string of the molecule is CCOC(=O)COC1CC2(CCN(C(=O)OC(C)(C)C)C2)C1. The Morgan fingerprint density at radius 2 is 1.95 bits per heavy atom. The van der Waals surface area contributed by atoms with Gasteiger partial charge in [0.1, 0.15) is 12.2 Å². The maximum Gasteiger partial charge on any atom is 0.410 e. The maximum absolute atomic E-state index is 12.1. The number of ether oxygens (including phenoxy) is 3. The van der Waals surface area contributed by atoms with Gasteiger partial charge in [-0.1, -0.05) is 0 Å². The fourth-order valence-corrected chi connectivity index (χ4v) is 3.16. The minimum atomic E-state index is -0.461. The molecule has 1 saturated heterocycles. The van der Waals surface area contributed by atoms with Crippen LogP contribution in [0.2, 0.25) is 0 Å². The van der Waals surface area contributed by atoms with Crippen LogP contribution in [-0.2, 0) is 19.0 Å². The Kier molecular flexibility index (Phi) is 5.00. The molecule has 0 unspecified atom stereocenters. The van der Waals surface area contributed by atoms with Crippen molar-refractivity contribution in [2.75, 3.05) is 26.3 Å². The van der Waals surface area contributed by atoms with E-state index in [2.05, 4.69) is 0 Å². The second kappa shape index (κ2) is 6.44. The van der Waals surface area contributed by atoms with Gasteiger partial charge >= 0.3 is 12.1 Å². The molecule has 1 amide bonds. The van der Waals surface area contributed by atoms with Gasteiger partial charge in [0.2, 0.25) is 0 Å². The molecule has 1 saturated carbocycles. The molecule has 0 bridgehead atoms. The highest BCUT2D eigenvalue weighted by Crippen LogP contribution is 2.49. The summed E-state index contributed by atoms with van der Waals surface area (Å²) in [5.74, 6) is -0.315. The van der Waals surface area contributed by atoms with Crippen LogP contribution in [0.1, 0.15) is 47.0 Å². The summed E-state index contributed by atoms with van der Waals surface area (Å²) < 4.78 is 15.8. The van der Waals surface area contributed by atoms with Crippen molar-refractivity contribution in [1.82, 2.24) is 4.90 Å². The molecule has 1 aliphatic carbocycles. The van der Waals surface area contributed by atoms with Gasteiger partial charge < -0.3 is 19.1 Å². The van der Waals surface area contributed by atoms with E-state index in [1.165, 1.54) is 0 Å². The molecule has 0 atom stereocenters. The van der Waals surface area contributed by atoms with E-state index in [1.807, 2.05) is 20.8 Å². The van der Waals surface area contributed by atoms with Crippen molar-refractivity contribution in [3.8, 4) is 0 Å². The van der Waals surface area contributed by atoms with Gasteiger partial charge in [0.15, 0.2) is 0 Å². The lowest BCUT2D eigenvalue weighted by molar-refractivity contribution is -0.156. The summed E-state index contributed by atoms with van der Waals surface area (Å²) in [4.78, 5) is 25.1. The number of carbonyl (C=O) groups is 2. The molecule has 126 valence electrons. The second-order valence-electron chi connectivity index (χ2n) is 7.30. The van der Waals surface area contributed by atoms with Crippen molar-refractivity contribution in [3.63, 3.8) is 0 Å². The van der Waals surface area contributed by atoms with E-state index in [0.29, 0.717) is 6.61 Å². The molecule has 0 aromatic carbocycles. The van der Waals surface area contributed by atoms with Crippen molar-refractivity contribution in [3.05, 3.63) is 0 Å². The number of likely N-dealkylation sites (tertiary alicyclic amines) is 1. The lowest BCUT2D eigenvalue weighted by Crippen LogP contribution is -2.46. The molecule has 1 heterocycles. The molecule has 6 heteroatoms. The van der Waals surface area contributed by atoms with Gasteiger partial charge in [-0.05, 0) is 52.4 Å². The minimum absolute atomic E-state index is 0.0182. The summed E-state index contributed by atoms with van der Waals surface area (Å²) in [5.41, 5.74) is -0.312. The molecule has 0 aromatic rings. The molecule has 1 aliphatic heterocycles. The van der Waals surface area contributed by atoms with E-state index >= 15 is 0 Å². The zero-order valence-electron chi connectivity index (χ0n) is 14.0. The Labute approximate surface area is 132 Å². The molecule has 2 rings (SSSR count). The molecule has 0 N–H and O–H groups in total. The van der Waals surface area contributed by atoms with Crippen LogP contribution in [-0.4, -0.2) is 55.0 Å².